The Labute approximate surface area is 126 Å². The molecule has 1 aliphatic rings. The van der Waals surface area contributed by atoms with E-state index in [1.54, 1.807) is 6.07 Å². The average molecular weight is 295 g/mol. The quantitative estimate of drug-likeness (QED) is 0.874. The van der Waals surface area contributed by atoms with Crippen LogP contribution in [0.4, 0.5) is 4.39 Å². The lowest BCUT2D eigenvalue weighted by Gasteiger charge is -2.41. The lowest BCUT2D eigenvalue weighted by atomic mass is 9.77. The zero-order valence-corrected chi connectivity index (χ0v) is 13.0. The van der Waals surface area contributed by atoms with E-state index in [0.717, 1.165) is 31.2 Å². The standard InChI is InChI=1S/C17H26FNO2/c1-3-21-17(9-5-4-6-10-17)16(19)12-13-7-8-15(20-2)14(18)11-13/h7-8,11,16H,3-6,9-10,12,19H2,1-2H3. The predicted molar refractivity (Wildman–Crippen MR) is 82.1 cm³/mol. The normalized spacial score (nSPS) is 19.2. The van der Waals surface area contributed by atoms with Gasteiger partial charge in [-0.05, 0) is 43.9 Å². The van der Waals surface area contributed by atoms with Crippen LogP contribution in [-0.4, -0.2) is 25.4 Å². The molecule has 21 heavy (non-hydrogen) atoms. The van der Waals surface area contributed by atoms with Crippen molar-refractivity contribution in [2.24, 2.45) is 5.73 Å². The fourth-order valence-corrected chi connectivity index (χ4v) is 3.34. The van der Waals surface area contributed by atoms with Crippen molar-refractivity contribution in [3.8, 4) is 5.75 Å². The van der Waals surface area contributed by atoms with E-state index < -0.39 is 0 Å². The third kappa shape index (κ3) is 3.74. The molecule has 2 N–H and O–H groups in total. The molecule has 1 aromatic carbocycles. The van der Waals surface area contributed by atoms with E-state index >= 15 is 0 Å². The number of nitrogens with two attached hydrogens (primary N) is 1. The van der Waals surface area contributed by atoms with E-state index in [1.807, 2.05) is 13.0 Å². The minimum Gasteiger partial charge on any atom is -0.494 e. The lowest BCUT2D eigenvalue weighted by molar-refractivity contribution is -0.0817. The summed E-state index contributed by atoms with van der Waals surface area (Å²) < 4.78 is 24.8. The molecule has 0 spiro atoms. The van der Waals surface area contributed by atoms with Gasteiger partial charge in [0.2, 0.25) is 0 Å². The van der Waals surface area contributed by atoms with Gasteiger partial charge in [0.1, 0.15) is 0 Å². The van der Waals surface area contributed by atoms with Crippen molar-refractivity contribution in [1.82, 2.24) is 0 Å². The Morgan fingerprint density at radius 3 is 2.57 bits per heavy atom. The molecule has 0 bridgehead atoms. The fourth-order valence-electron chi connectivity index (χ4n) is 3.34. The minimum absolute atomic E-state index is 0.106. The van der Waals surface area contributed by atoms with Crippen LogP contribution in [0, 0.1) is 5.82 Å². The summed E-state index contributed by atoms with van der Waals surface area (Å²) in [6, 6.07) is 4.95. The molecule has 1 saturated carbocycles. The smallest absolute Gasteiger partial charge is 0.165 e. The highest BCUT2D eigenvalue weighted by molar-refractivity contribution is 5.30. The fraction of sp³-hybridized carbons (Fsp3) is 0.647. The highest BCUT2D eigenvalue weighted by Gasteiger charge is 2.38. The number of benzene rings is 1. The van der Waals surface area contributed by atoms with Gasteiger partial charge in [0.05, 0.1) is 12.7 Å². The summed E-state index contributed by atoms with van der Waals surface area (Å²) >= 11 is 0. The first-order valence-corrected chi connectivity index (χ1v) is 7.83. The average Bonchev–Trinajstić information content (AvgIpc) is 2.48. The van der Waals surface area contributed by atoms with Gasteiger partial charge in [0.25, 0.3) is 0 Å². The molecule has 0 amide bonds. The summed E-state index contributed by atoms with van der Waals surface area (Å²) in [4.78, 5) is 0. The molecule has 1 unspecified atom stereocenters. The van der Waals surface area contributed by atoms with Crippen LogP contribution in [0.2, 0.25) is 0 Å². The van der Waals surface area contributed by atoms with Gasteiger partial charge in [0, 0.05) is 12.6 Å². The van der Waals surface area contributed by atoms with E-state index in [0.29, 0.717) is 13.0 Å². The maximum absolute atomic E-state index is 13.8. The molecule has 118 valence electrons. The largest absolute Gasteiger partial charge is 0.494 e. The number of rotatable bonds is 6. The van der Waals surface area contributed by atoms with E-state index in [1.165, 1.54) is 19.6 Å². The van der Waals surface area contributed by atoms with Gasteiger partial charge in [-0.2, -0.15) is 0 Å². The Morgan fingerprint density at radius 2 is 2.00 bits per heavy atom. The zero-order chi connectivity index (χ0) is 15.3. The van der Waals surface area contributed by atoms with Crippen molar-refractivity contribution < 1.29 is 13.9 Å². The van der Waals surface area contributed by atoms with E-state index in [4.69, 9.17) is 15.2 Å². The molecule has 1 atom stereocenters. The van der Waals surface area contributed by atoms with Crippen LogP contribution in [0.1, 0.15) is 44.6 Å². The minimum atomic E-state index is -0.337. The van der Waals surface area contributed by atoms with Gasteiger partial charge in [0.15, 0.2) is 11.6 Å². The number of methoxy groups -OCH3 is 1. The summed E-state index contributed by atoms with van der Waals surface area (Å²) in [5, 5.41) is 0. The molecule has 0 aromatic heterocycles. The Balaban J connectivity index is 2.11. The molecule has 0 radical (unpaired) electrons. The third-order valence-corrected chi connectivity index (χ3v) is 4.48. The molecular weight excluding hydrogens is 269 g/mol. The van der Waals surface area contributed by atoms with Crippen molar-refractivity contribution in [1.29, 1.82) is 0 Å². The van der Waals surface area contributed by atoms with Gasteiger partial charge < -0.3 is 15.2 Å². The molecule has 1 aliphatic carbocycles. The number of ether oxygens (including phenoxy) is 2. The summed E-state index contributed by atoms with van der Waals surface area (Å²) in [6.45, 7) is 2.68. The Morgan fingerprint density at radius 1 is 1.29 bits per heavy atom. The van der Waals surface area contributed by atoms with Crippen LogP contribution in [0.15, 0.2) is 18.2 Å². The van der Waals surface area contributed by atoms with Gasteiger partial charge in [-0.15, -0.1) is 0 Å². The Hall–Kier alpha value is -1.13. The monoisotopic (exact) mass is 295 g/mol. The van der Waals surface area contributed by atoms with Crippen LogP contribution in [0.25, 0.3) is 0 Å². The second-order valence-corrected chi connectivity index (χ2v) is 5.84. The molecular formula is C17H26FNO2. The summed E-state index contributed by atoms with van der Waals surface area (Å²) in [5.74, 6) is -0.0687. The molecule has 1 aromatic rings. The van der Waals surface area contributed by atoms with Gasteiger partial charge in [-0.25, -0.2) is 4.39 Å². The Kier molecular flexibility index (Phi) is 5.59. The van der Waals surface area contributed by atoms with Crippen LogP contribution < -0.4 is 10.5 Å². The maximum Gasteiger partial charge on any atom is 0.165 e. The second-order valence-electron chi connectivity index (χ2n) is 5.84. The topological polar surface area (TPSA) is 44.5 Å². The SMILES string of the molecule is CCOC1(C(N)Cc2ccc(OC)c(F)c2)CCCCC1. The first kappa shape index (κ1) is 16.2. The van der Waals surface area contributed by atoms with Gasteiger partial charge in [-0.3, -0.25) is 0 Å². The molecule has 3 nitrogen and oxygen atoms in total. The molecule has 1 fully saturated rings. The summed E-state index contributed by atoms with van der Waals surface area (Å²) in [5.41, 5.74) is 7.09. The van der Waals surface area contributed by atoms with Crippen LogP contribution in [0.5, 0.6) is 5.75 Å². The van der Waals surface area contributed by atoms with Crippen molar-refractivity contribution in [2.45, 2.75) is 57.1 Å². The second kappa shape index (κ2) is 7.23. The molecule has 0 heterocycles. The third-order valence-electron chi connectivity index (χ3n) is 4.48. The summed E-state index contributed by atoms with van der Waals surface area (Å²) in [6.07, 6.45) is 6.19. The van der Waals surface area contributed by atoms with Crippen molar-refractivity contribution in [2.75, 3.05) is 13.7 Å². The predicted octanol–water partition coefficient (Wildman–Crippen LogP) is 3.44. The highest BCUT2D eigenvalue weighted by atomic mass is 19.1. The first-order chi connectivity index (χ1) is 10.1. The number of halogens is 1. The van der Waals surface area contributed by atoms with Gasteiger partial charge >= 0.3 is 0 Å². The zero-order valence-electron chi connectivity index (χ0n) is 13.0. The van der Waals surface area contributed by atoms with E-state index in [-0.39, 0.29) is 23.2 Å². The van der Waals surface area contributed by atoms with Crippen LogP contribution in [0.3, 0.4) is 0 Å². The first-order valence-electron chi connectivity index (χ1n) is 7.83. The Bertz CT molecular complexity index is 453. The molecule has 0 aliphatic heterocycles. The van der Waals surface area contributed by atoms with Crippen molar-refractivity contribution in [3.63, 3.8) is 0 Å². The molecule has 4 heteroatoms. The van der Waals surface area contributed by atoms with Crippen molar-refractivity contribution in [3.05, 3.63) is 29.6 Å². The lowest BCUT2D eigenvalue weighted by Crippen LogP contribution is -2.52. The molecule has 0 saturated heterocycles. The molecule has 2 rings (SSSR count). The number of hydrogen-bond donors (Lipinski definition) is 1. The highest BCUT2D eigenvalue weighted by Crippen LogP contribution is 2.35. The van der Waals surface area contributed by atoms with Gasteiger partial charge in [-0.1, -0.05) is 25.3 Å². The maximum atomic E-state index is 13.8. The van der Waals surface area contributed by atoms with E-state index in [9.17, 15) is 4.39 Å². The van der Waals surface area contributed by atoms with Crippen molar-refractivity contribution >= 4 is 0 Å². The number of hydrogen-bond acceptors (Lipinski definition) is 3. The summed E-state index contributed by atoms with van der Waals surface area (Å²) in [7, 11) is 1.47. The van der Waals surface area contributed by atoms with Crippen LogP contribution in [-0.2, 0) is 11.2 Å². The van der Waals surface area contributed by atoms with E-state index in [2.05, 4.69) is 0 Å². The van der Waals surface area contributed by atoms with Crippen LogP contribution >= 0.6 is 0 Å².